The summed E-state index contributed by atoms with van der Waals surface area (Å²) in [5.74, 6) is -2.25. The molecule has 0 fully saturated rings. The molecule has 0 aromatic heterocycles. The Labute approximate surface area is 117 Å². The van der Waals surface area contributed by atoms with Crippen LogP contribution in [0.4, 0.5) is 5.69 Å². The first kappa shape index (κ1) is 16.4. The second-order valence-electron chi connectivity index (χ2n) is 4.39. The third-order valence-corrected chi connectivity index (χ3v) is 4.96. The van der Waals surface area contributed by atoms with Gasteiger partial charge in [-0.2, -0.15) is 0 Å². The minimum atomic E-state index is -3.85. The molecule has 0 atom stereocenters. The summed E-state index contributed by atoms with van der Waals surface area (Å²) in [6.45, 7) is 1.59. The van der Waals surface area contributed by atoms with Crippen LogP contribution in [-0.2, 0) is 19.9 Å². The third-order valence-electron chi connectivity index (χ3n) is 2.46. The molecule has 0 bridgehead atoms. The van der Waals surface area contributed by atoms with Gasteiger partial charge in [-0.25, -0.2) is 21.6 Å². The van der Waals surface area contributed by atoms with Crippen LogP contribution < -0.4 is 4.72 Å². The quantitative estimate of drug-likeness (QED) is 0.787. The number of hydrogen-bond donors (Lipinski definition) is 2. The molecule has 9 heteroatoms. The molecule has 0 amide bonds. The summed E-state index contributed by atoms with van der Waals surface area (Å²) >= 11 is 0. The molecular formula is C11H15NO6S2. The minimum absolute atomic E-state index is 0.0201. The van der Waals surface area contributed by atoms with E-state index in [1.54, 1.807) is 6.92 Å². The summed E-state index contributed by atoms with van der Waals surface area (Å²) < 4.78 is 47.4. The average molecular weight is 321 g/mol. The molecule has 1 aromatic carbocycles. The van der Waals surface area contributed by atoms with Crippen LogP contribution in [0.5, 0.6) is 0 Å². The van der Waals surface area contributed by atoms with Gasteiger partial charge >= 0.3 is 5.97 Å². The van der Waals surface area contributed by atoms with Gasteiger partial charge in [-0.15, -0.1) is 0 Å². The maximum atomic E-state index is 11.7. The van der Waals surface area contributed by atoms with Gasteiger partial charge in [0.1, 0.15) is 9.84 Å². The molecule has 0 unspecified atom stereocenters. The van der Waals surface area contributed by atoms with Crippen molar-refractivity contribution in [1.82, 2.24) is 0 Å². The van der Waals surface area contributed by atoms with Crippen molar-refractivity contribution in [3.63, 3.8) is 0 Å². The summed E-state index contributed by atoms with van der Waals surface area (Å²) in [7, 11) is -7.24. The van der Waals surface area contributed by atoms with E-state index in [0.717, 1.165) is 6.26 Å². The molecule has 0 saturated heterocycles. The van der Waals surface area contributed by atoms with E-state index in [1.165, 1.54) is 18.2 Å². The normalized spacial score (nSPS) is 12.1. The standard InChI is InChI=1S/C11H15NO6S2/c1-8-3-4-9(7-10(8)11(13)14)12-20(17,18)6-5-19(2,15)16/h3-4,7,12H,5-6H2,1-2H3,(H,13,14). The Morgan fingerprint density at radius 1 is 1.20 bits per heavy atom. The Hall–Kier alpha value is -1.61. The van der Waals surface area contributed by atoms with Crippen LogP contribution in [-0.4, -0.2) is 45.7 Å². The number of anilines is 1. The van der Waals surface area contributed by atoms with E-state index < -0.39 is 37.3 Å². The zero-order chi connectivity index (χ0) is 15.6. The molecule has 0 spiro atoms. The lowest BCUT2D eigenvalue weighted by Gasteiger charge is -2.09. The molecule has 1 rings (SSSR count). The first-order valence-electron chi connectivity index (χ1n) is 5.52. The lowest BCUT2D eigenvalue weighted by molar-refractivity contribution is 0.0696. The van der Waals surface area contributed by atoms with E-state index in [4.69, 9.17) is 5.11 Å². The lowest BCUT2D eigenvalue weighted by Crippen LogP contribution is -2.22. The second-order valence-corrected chi connectivity index (χ2v) is 8.49. The number of carboxylic acid groups (broad SMARTS) is 1. The SMILES string of the molecule is Cc1ccc(NS(=O)(=O)CCS(C)(=O)=O)cc1C(=O)O. The van der Waals surface area contributed by atoms with Crippen molar-refractivity contribution in [2.75, 3.05) is 22.5 Å². The van der Waals surface area contributed by atoms with Crippen LogP contribution in [0, 0.1) is 6.92 Å². The number of aryl methyl sites for hydroxylation is 1. The fourth-order valence-electron chi connectivity index (χ4n) is 1.41. The van der Waals surface area contributed by atoms with Crippen LogP contribution in [0.15, 0.2) is 18.2 Å². The Morgan fingerprint density at radius 3 is 2.30 bits per heavy atom. The van der Waals surface area contributed by atoms with Crippen LogP contribution in [0.2, 0.25) is 0 Å². The van der Waals surface area contributed by atoms with Crippen LogP contribution in [0.1, 0.15) is 15.9 Å². The number of hydrogen-bond acceptors (Lipinski definition) is 5. The summed E-state index contributed by atoms with van der Waals surface area (Å²) in [5.41, 5.74) is 0.561. The van der Waals surface area contributed by atoms with Crippen molar-refractivity contribution < 1.29 is 26.7 Å². The molecule has 0 aliphatic carbocycles. The smallest absolute Gasteiger partial charge is 0.336 e. The van der Waals surface area contributed by atoms with Crippen LogP contribution in [0.25, 0.3) is 0 Å². The van der Waals surface area contributed by atoms with E-state index >= 15 is 0 Å². The van der Waals surface area contributed by atoms with Gasteiger partial charge in [0.25, 0.3) is 0 Å². The van der Waals surface area contributed by atoms with Crippen LogP contribution >= 0.6 is 0 Å². The summed E-state index contributed by atoms with van der Waals surface area (Å²) in [6, 6.07) is 4.08. The van der Waals surface area contributed by atoms with Gasteiger partial charge in [0.15, 0.2) is 0 Å². The molecule has 112 valence electrons. The van der Waals surface area contributed by atoms with Crippen LogP contribution in [0.3, 0.4) is 0 Å². The minimum Gasteiger partial charge on any atom is -0.478 e. The fourth-order valence-corrected chi connectivity index (χ4v) is 4.08. The molecule has 0 heterocycles. The highest BCUT2D eigenvalue weighted by atomic mass is 32.2. The molecule has 20 heavy (non-hydrogen) atoms. The zero-order valence-electron chi connectivity index (χ0n) is 11.0. The Kier molecular flexibility index (Phi) is 4.77. The predicted molar refractivity (Wildman–Crippen MR) is 75.3 cm³/mol. The fraction of sp³-hybridized carbons (Fsp3) is 0.364. The molecule has 0 saturated carbocycles. The number of rotatable bonds is 6. The molecule has 0 aliphatic heterocycles. The predicted octanol–water partition coefficient (Wildman–Crippen LogP) is 0.480. The van der Waals surface area contributed by atoms with Gasteiger partial charge in [0, 0.05) is 11.9 Å². The number of carbonyl (C=O) groups is 1. The van der Waals surface area contributed by atoms with Gasteiger partial charge in [0.05, 0.1) is 17.1 Å². The number of carboxylic acids is 1. The van der Waals surface area contributed by atoms with Crippen molar-refractivity contribution >= 4 is 31.5 Å². The molecular weight excluding hydrogens is 306 g/mol. The van der Waals surface area contributed by atoms with Crippen molar-refractivity contribution in [2.45, 2.75) is 6.92 Å². The molecule has 7 nitrogen and oxygen atoms in total. The Bertz CT molecular complexity index is 721. The van der Waals surface area contributed by atoms with E-state index in [-0.39, 0.29) is 11.3 Å². The van der Waals surface area contributed by atoms with Crippen molar-refractivity contribution in [3.05, 3.63) is 29.3 Å². The van der Waals surface area contributed by atoms with Gasteiger partial charge in [-0.1, -0.05) is 6.07 Å². The van der Waals surface area contributed by atoms with Gasteiger partial charge in [-0.3, -0.25) is 4.72 Å². The molecule has 0 radical (unpaired) electrons. The summed E-state index contributed by atoms with van der Waals surface area (Å²) in [4.78, 5) is 10.9. The third kappa shape index (κ3) is 5.17. The van der Waals surface area contributed by atoms with Crippen molar-refractivity contribution in [2.24, 2.45) is 0 Å². The number of nitrogens with one attached hydrogen (secondary N) is 1. The van der Waals surface area contributed by atoms with Crippen molar-refractivity contribution in [1.29, 1.82) is 0 Å². The highest BCUT2D eigenvalue weighted by Gasteiger charge is 2.16. The Morgan fingerprint density at radius 2 is 1.80 bits per heavy atom. The number of aromatic carboxylic acids is 1. The lowest BCUT2D eigenvalue weighted by atomic mass is 10.1. The van der Waals surface area contributed by atoms with Gasteiger partial charge in [-0.05, 0) is 24.6 Å². The summed E-state index contributed by atoms with van der Waals surface area (Å²) in [5, 5.41) is 8.94. The van der Waals surface area contributed by atoms with Gasteiger partial charge in [0.2, 0.25) is 10.0 Å². The number of benzene rings is 1. The largest absolute Gasteiger partial charge is 0.478 e. The molecule has 1 aromatic rings. The number of sulfone groups is 1. The average Bonchev–Trinajstić information content (AvgIpc) is 2.28. The first-order valence-corrected chi connectivity index (χ1v) is 9.23. The van der Waals surface area contributed by atoms with Gasteiger partial charge < -0.3 is 5.11 Å². The highest BCUT2D eigenvalue weighted by molar-refractivity contribution is 7.95. The zero-order valence-corrected chi connectivity index (χ0v) is 12.6. The monoisotopic (exact) mass is 321 g/mol. The topological polar surface area (TPSA) is 118 Å². The molecule has 2 N–H and O–H groups in total. The Balaban J connectivity index is 2.93. The first-order chi connectivity index (χ1) is 9.00. The van der Waals surface area contributed by atoms with E-state index in [9.17, 15) is 21.6 Å². The van der Waals surface area contributed by atoms with Crippen molar-refractivity contribution in [3.8, 4) is 0 Å². The van der Waals surface area contributed by atoms with E-state index in [2.05, 4.69) is 4.72 Å². The number of sulfonamides is 1. The maximum Gasteiger partial charge on any atom is 0.336 e. The maximum absolute atomic E-state index is 11.7. The highest BCUT2D eigenvalue weighted by Crippen LogP contribution is 2.16. The second kappa shape index (κ2) is 5.80. The van der Waals surface area contributed by atoms with E-state index in [0.29, 0.717) is 5.56 Å². The molecule has 0 aliphatic rings. The summed E-state index contributed by atoms with van der Waals surface area (Å²) in [6.07, 6.45) is 0.941. The van der Waals surface area contributed by atoms with E-state index in [1.807, 2.05) is 0 Å².